The van der Waals surface area contributed by atoms with E-state index in [0.29, 0.717) is 12.8 Å². The minimum absolute atomic E-state index is 0.0544. The van der Waals surface area contributed by atoms with Crippen LogP contribution in [0.15, 0.2) is 0 Å². The van der Waals surface area contributed by atoms with Gasteiger partial charge in [0.05, 0.1) is 5.92 Å². The van der Waals surface area contributed by atoms with E-state index in [-0.39, 0.29) is 5.78 Å². The van der Waals surface area contributed by atoms with E-state index < -0.39 is 15.3 Å². The van der Waals surface area contributed by atoms with E-state index in [1.807, 2.05) is 0 Å². The summed E-state index contributed by atoms with van der Waals surface area (Å²) >= 11 is 17.4. The zero-order valence-corrected chi connectivity index (χ0v) is 10.2. The number of hydrogen-bond acceptors (Lipinski definition) is 2. The van der Waals surface area contributed by atoms with Crippen LogP contribution in [0.4, 0.5) is 0 Å². The van der Waals surface area contributed by atoms with Crippen molar-refractivity contribution in [3.63, 3.8) is 0 Å². The average molecular weight is 260 g/mol. The van der Waals surface area contributed by atoms with E-state index in [0.717, 1.165) is 12.8 Å². The molecule has 1 saturated carbocycles. The minimum Gasteiger partial charge on any atom is -0.371 e. The van der Waals surface area contributed by atoms with Crippen LogP contribution in [0, 0.1) is 5.92 Å². The molecule has 5 heteroatoms. The van der Waals surface area contributed by atoms with E-state index in [2.05, 4.69) is 0 Å². The molecule has 2 unspecified atom stereocenters. The first-order valence-electron chi connectivity index (χ1n) is 4.58. The molecule has 1 fully saturated rings. The Morgan fingerprint density at radius 2 is 1.93 bits per heavy atom. The zero-order chi connectivity index (χ0) is 11.0. The molecule has 0 aromatic heterocycles. The molecule has 2 atom stereocenters. The first-order valence-corrected chi connectivity index (χ1v) is 5.72. The number of alkyl halides is 3. The Kier molecular flexibility index (Phi) is 3.74. The van der Waals surface area contributed by atoms with Crippen molar-refractivity contribution in [1.29, 1.82) is 0 Å². The summed E-state index contributed by atoms with van der Waals surface area (Å²) in [5.41, 5.74) is 0. The van der Waals surface area contributed by atoms with Crippen molar-refractivity contribution in [2.24, 2.45) is 5.92 Å². The first kappa shape index (κ1) is 12.6. The second kappa shape index (κ2) is 4.17. The van der Waals surface area contributed by atoms with E-state index >= 15 is 0 Å². The summed E-state index contributed by atoms with van der Waals surface area (Å²) in [4.78, 5) is 11.5. The molecule has 0 amide bonds. The predicted octanol–water partition coefficient (Wildman–Crippen LogP) is 2.87. The molecule has 0 aliphatic heterocycles. The summed E-state index contributed by atoms with van der Waals surface area (Å²) in [7, 11) is 0. The standard InChI is InChI=1S/C9H13Cl3O2/c1-8(10,11)9(12,14)6-4-2-3-5-7(6)13/h6,14H,2-5H2,1H3. The Balaban J connectivity index is 2.85. The molecule has 0 bridgehead atoms. The van der Waals surface area contributed by atoms with Crippen molar-refractivity contribution in [2.45, 2.75) is 42.0 Å². The fourth-order valence-corrected chi connectivity index (χ4v) is 2.19. The molecular weight excluding hydrogens is 246 g/mol. The topological polar surface area (TPSA) is 37.3 Å². The summed E-state index contributed by atoms with van der Waals surface area (Å²) in [5, 5.41) is 8.06. The third kappa shape index (κ3) is 2.35. The molecule has 0 spiro atoms. The molecule has 1 aliphatic rings. The molecule has 1 rings (SSSR count). The van der Waals surface area contributed by atoms with Gasteiger partial charge in [-0.3, -0.25) is 4.79 Å². The van der Waals surface area contributed by atoms with Gasteiger partial charge in [0.15, 0.2) is 9.39 Å². The average Bonchev–Trinajstić information content (AvgIpc) is 2.02. The Morgan fingerprint density at radius 3 is 2.36 bits per heavy atom. The molecular formula is C9H13Cl3O2. The third-order valence-corrected chi connectivity index (χ3v) is 4.04. The fraction of sp³-hybridized carbons (Fsp3) is 0.889. The second-order valence-corrected chi connectivity index (χ2v) is 6.11. The number of carbonyl (C=O) groups excluding carboxylic acids is 1. The lowest BCUT2D eigenvalue weighted by Crippen LogP contribution is -2.49. The Bertz CT molecular complexity index is 233. The highest BCUT2D eigenvalue weighted by molar-refractivity contribution is 6.53. The molecule has 1 aliphatic carbocycles. The fourth-order valence-electron chi connectivity index (χ4n) is 1.69. The van der Waals surface area contributed by atoms with Crippen molar-refractivity contribution in [3.8, 4) is 0 Å². The van der Waals surface area contributed by atoms with Crippen molar-refractivity contribution < 1.29 is 9.90 Å². The predicted molar refractivity (Wildman–Crippen MR) is 57.9 cm³/mol. The van der Waals surface area contributed by atoms with Crippen LogP contribution >= 0.6 is 34.8 Å². The van der Waals surface area contributed by atoms with Gasteiger partial charge >= 0.3 is 0 Å². The van der Waals surface area contributed by atoms with Crippen LogP contribution < -0.4 is 0 Å². The van der Waals surface area contributed by atoms with Crippen LogP contribution in [0.25, 0.3) is 0 Å². The molecule has 14 heavy (non-hydrogen) atoms. The summed E-state index contributed by atoms with van der Waals surface area (Å²) in [6.07, 6.45) is 2.72. The number of halogens is 3. The van der Waals surface area contributed by atoms with Crippen molar-refractivity contribution in [3.05, 3.63) is 0 Å². The molecule has 82 valence electrons. The van der Waals surface area contributed by atoms with Gasteiger partial charge in [0.2, 0.25) is 0 Å². The molecule has 0 heterocycles. The van der Waals surface area contributed by atoms with Gasteiger partial charge in [-0.25, -0.2) is 0 Å². The molecule has 2 nitrogen and oxygen atoms in total. The Labute approximate surface area is 98.5 Å². The maximum atomic E-state index is 11.5. The first-order chi connectivity index (χ1) is 6.27. The van der Waals surface area contributed by atoms with Gasteiger partial charge in [-0.2, -0.15) is 0 Å². The zero-order valence-electron chi connectivity index (χ0n) is 7.90. The van der Waals surface area contributed by atoms with E-state index in [1.165, 1.54) is 6.92 Å². The maximum Gasteiger partial charge on any atom is 0.180 e. The number of aliphatic hydroxyl groups is 1. The minimum atomic E-state index is -1.87. The highest BCUT2D eigenvalue weighted by Gasteiger charge is 2.52. The Morgan fingerprint density at radius 1 is 1.36 bits per heavy atom. The van der Waals surface area contributed by atoms with Crippen LogP contribution in [0.3, 0.4) is 0 Å². The highest BCUT2D eigenvalue weighted by Crippen LogP contribution is 2.45. The highest BCUT2D eigenvalue weighted by atomic mass is 35.5. The molecule has 0 aromatic carbocycles. The largest absolute Gasteiger partial charge is 0.371 e. The van der Waals surface area contributed by atoms with Gasteiger partial charge < -0.3 is 5.11 Å². The van der Waals surface area contributed by atoms with Crippen LogP contribution in [0.5, 0.6) is 0 Å². The van der Waals surface area contributed by atoms with E-state index in [1.54, 1.807) is 0 Å². The second-order valence-electron chi connectivity index (χ2n) is 3.83. The third-order valence-electron chi connectivity index (χ3n) is 2.63. The van der Waals surface area contributed by atoms with Gasteiger partial charge in [-0.15, -0.1) is 0 Å². The Hall–Kier alpha value is 0.500. The summed E-state index contributed by atoms with van der Waals surface area (Å²) in [5.74, 6) is -0.709. The van der Waals surface area contributed by atoms with E-state index in [4.69, 9.17) is 34.8 Å². The number of rotatable bonds is 2. The van der Waals surface area contributed by atoms with Gasteiger partial charge in [-0.05, 0) is 19.8 Å². The van der Waals surface area contributed by atoms with Crippen molar-refractivity contribution in [2.75, 3.05) is 0 Å². The monoisotopic (exact) mass is 258 g/mol. The van der Waals surface area contributed by atoms with Crippen LogP contribution in [-0.2, 0) is 4.79 Å². The van der Waals surface area contributed by atoms with Crippen LogP contribution in [-0.4, -0.2) is 20.3 Å². The van der Waals surface area contributed by atoms with Gasteiger partial charge in [0, 0.05) is 6.42 Å². The van der Waals surface area contributed by atoms with Crippen molar-refractivity contribution >= 4 is 40.6 Å². The van der Waals surface area contributed by atoms with Gasteiger partial charge in [-0.1, -0.05) is 41.2 Å². The van der Waals surface area contributed by atoms with Gasteiger partial charge in [0.1, 0.15) is 5.78 Å². The van der Waals surface area contributed by atoms with Crippen LogP contribution in [0.1, 0.15) is 32.6 Å². The lowest BCUT2D eigenvalue weighted by Gasteiger charge is -2.38. The summed E-state index contributed by atoms with van der Waals surface area (Å²) in [6, 6.07) is 0. The normalized spacial score (nSPS) is 28.6. The maximum absolute atomic E-state index is 11.5. The number of Topliss-reactive ketones (excluding diaryl/α,β-unsaturated/α-hetero) is 1. The SMILES string of the molecule is CC(Cl)(Cl)C(O)(Cl)C1CCCCC1=O. The van der Waals surface area contributed by atoms with Gasteiger partial charge in [0.25, 0.3) is 0 Å². The quantitative estimate of drug-likeness (QED) is 0.774. The lowest BCUT2D eigenvalue weighted by molar-refractivity contribution is -0.130. The molecule has 1 N–H and O–H groups in total. The molecule has 0 saturated heterocycles. The molecule has 0 radical (unpaired) electrons. The van der Waals surface area contributed by atoms with Crippen LogP contribution in [0.2, 0.25) is 0 Å². The lowest BCUT2D eigenvalue weighted by atomic mass is 9.82. The molecule has 0 aromatic rings. The number of hydrogen-bond donors (Lipinski definition) is 1. The summed E-state index contributed by atoms with van der Waals surface area (Å²) in [6.45, 7) is 1.39. The van der Waals surface area contributed by atoms with Crippen molar-refractivity contribution in [1.82, 2.24) is 0 Å². The number of carbonyl (C=O) groups is 1. The number of ketones is 1. The van der Waals surface area contributed by atoms with E-state index in [9.17, 15) is 9.90 Å². The smallest absolute Gasteiger partial charge is 0.180 e. The summed E-state index contributed by atoms with van der Waals surface area (Å²) < 4.78 is -1.52.